The van der Waals surface area contributed by atoms with E-state index >= 15 is 0 Å². The lowest BCUT2D eigenvalue weighted by Gasteiger charge is -2.32. The van der Waals surface area contributed by atoms with Crippen molar-refractivity contribution in [2.45, 2.75) is 38.5 Å². The van der Waals surface area contributed by atoms with Gasteiger partial charge in [0.2, 0.25) is 0 Å². The van der Waals surface area contributed by atoms with Gasteiger partial charge in [0, 0.05) is 56.6 Å². The van der Waals surface area contributed by atoms with Crippen LogP contribution in [0.5, 0.6) is 5.75 Å². The van der Waals surface area contributed by atoms with E-state index in [1.54, 1.807) is 7.11 Å². The van der Waals surface area contributed by atoms with Gasteiger partial charge in [0.15, 0.2) is 0 Å². The van der Waals surface area contributed by atoms with Gasteiger partial charge < -0.3 is 19.9 Å². The van der Waals surface area contributed by atoms with Crippen molar-refractivity contribution >= 4 is 5.91 Å². The summed E-state index contributed by atoms with van der Waals surface area (Å²) in [5, 5.41) is 6.59. The van der Waals surface area contributed by atoms with E-state index in [1.165, 1.54) is 11.3 Å². The number of para-hydroxylation sites is 1. The molecule has 6 heteroatoms. The van der Waals surface area contributed by atoms with Crippen molar-refractivity contribution in [1.82, 2.24) is 20.1 Å². The summed E-state index contributed by atoms with van der Waals surface area (Å²) < 4.78 is 7.60. The van der Waals surface area contributed by atoms with Crippen LogP contribution >= 0.6 is 0 Å². The number of hydrogen-bond donors (Lipinski definition) is 2. The zero-order chi connectivity index (χ0) is 18.6. The Morgan fingerprint density at radius 3 is 2.81 bits per heavy atom. The smallest absolute Gasteiger partial charge is 0.268 e. The second-order valence-electron chi connectivity index (χ2n) is 7.37. The van der Waals surface area contributed by atoms with Gasteiger partial charge in [-0.15, -0.1) is 0 Å². The highest BCUT2D eigenvalue weighted by atomic mass is 16.5. The molecule has 0 aliphatic carbocycles. The number of likely N-dealkylation sites (tertiary alicyclic amines) is 1. The molecule has 0 spiro atoms. The Bertz CT molecular complexity index is 793. The minimum Gasteiger partial charge on any atom is -0.496 e. The molecule has 2 aliphatic heterocycles. The van der Waals surface area contributed by atoms with E-state index in [1.807, 2.05) is 18.2 Å². The maximum atomic E-state index is 12.7. The topological polar surface area (TPSA) is 58.5 Å². The van der Waals surface area contributed by atoms with Crippen LogP contribution in [-0.2, 0) is 19.6 Å². The molecule has 2 N–H and O–H groups in total. The monoisotopic (exact) mass is 368 g/mol. The van der Waals surface area contributed by atoms with Crippen LogP contribution < -0.4 is 15.4 Å². The van der Waals surface area contributed by atoms with Crippen LogP contribution in [0.3, 0.4) is 0 Å². The molecule has 1 aromatic heterocycles. The Labute approximate surface area is 160 Å². The predicted molar refractivity (Wildman–Crippen MR) is 105 cm³/mol. The number of piperidine rings is 1. The molecule has 0 atom stereocenters. The molecule has 2 aromatic rings. The average Bonchev–Trinajstić information content (AvgIpc) is 3.14. The van der Waals surface area contributed by atoms with Crippen molar-refractivity contribution in [3.05, 3.63) is 53.3 Å². The lowest BCUT2D eigenvalue weighted by atomic mass is 10.0. The average molecular weight is 368 g/mol. The predicted octanol–water partition coefficient (Wildman–Crippen LogP) is 1.99. The molecule has 1 fully saturated rings. The minimum absolute atomic E-state index is 0.0614. The maximum absolute atomic E-state index is 12.7. The highest BCUT2D eigenvalue weighted by Gasteiger charge is 2.24. The first-order valence-electron chi connectivity index (χ1n) is 9.79. The van der Waals surface area contributed by atoms with Gasteiger partial charge in [-0.2, -0.15) is 0 Å². The molecule has 1 amide bonds. The fourth-order valence-corrected chi connectivity index (χ4v) is 4.10. The van der Waals surface area contributed by atoms with Crippen LogP contribution in [-0.4, -0.2) is 48.2 Å². The van der Waals surface area contributed by atoms with Gasteiger partial charge in [-0.05, 0) is 31.0 Å². The number of fused-ring (bicyclic) bond motifs is 1. The molecule has 0 unspecified atom stereocenters. The number of benzene rings is 1. The molecule has 6 nitrogen and oxygen atoms in total. The van der Waals surface area contributed by atoms with E-state index in [0.717, 1.165) is 63.6 Å². The van der Waals surface area contributed by atoms with E-state index in [4.69, 9.17) is 4.74 Å². The number of nitrogens with zero attached hydrogens (tertiary/aromatic N) is 2. The van der Waals surface area contributed by atoms with Crippen molar-refractivity contribution in [2.24, 2.45) is 0 Å². The standard InChI is InChI=1S/C21H28N4O2/c1-27-20-5-3-2-4-16(20)15-24-11-8-17(9-12-24)23-21(26)19-7-6-18-14-22-10-13-25(18)19/h2-7,17,22H,8-15H2,1H3,(H,23,26). The third-order valence-electron chi connectivity index (χ3n) is 5.63. The highest BCUT2D eigenvalue weighted by Crippen LogP contribution is 2.22. The van der Waals surface area contributed by atoms with E-state index < -0.39 is 0 Å². The van der Waals surface area contributed by atoms with Crippen LogP contribution in [0.15, 0.2) is 36.4 Å². The van der Waals surface area contributed by atoms with E-state index in [9.17, 15) is 4.79 Å². The number of amides is 1. The largest absolute Gasteiger partial charge is 0.496 e. The molecule has 3 heterocycles. The van der Waals surface area contributed by atoms with E-state index in [2.05, 4.69) is 38.3 Å². The Morgan fingerprint density at radius 2 is 2.00 bits per heavy atom. The summed E-state index contributed by atoms with van der Waals surface area (Å²) in [6.07, 6.45) is 1.96. The molecular formula is C21H28N4O2. The van der Waals surface area contributed by atoms with Crippen LogP contribution in [0.1, 0.15) is 34.6 Å². The Kier molecular flexibility index (Phi) is 5.45. The first-order valence-corrected chi connectivity index (χ1v) is 9.79. The molecule has 4 rings (SSSR count). The number of carbonyl (C=O) groups excluding carboxylic acids is 1. The Balaban J connectivity index is 1.30. The molecule has 0 radical (unpaired) electrons. The second kappa shape index (κ2) is 8.15. The maximum Gasteiger partial charge on any atom is 0.268 e. The Hall–Kier alpha value is -2.31. The third kappa shape index (κ3) is 4.01. The number of rotatable bonds is 5. The summed E-state index contributed by atoms with van der Waals surface area (Å²) in [4.78, 5) is 15.2. The zero-order valence-corrected chi connectivity index (χ0v) is 15.9. The number of hydrogen-bond acceptors (Lipinski definition) is 4. The quantitative estimate of drug-likeness (QED) is 0.848. The zero-order valence-electron chi connectivity index (χ0n) is 15.9. The normalized spacial score (nSPS) is 18.1. The van der Waals surface area contributed by atoms with E-state index in [-0.39, 0.29) is 11.9 Å². The first kappa shape index (κ1) is 18.1. The first-order chi connectivity index (χ1) is 13.2. The molecule has 1 saturated heterocycles. The van der Waals surface area contributed by atoms with Gasteiger partial charge in [0.1, 0.15) is 11.4 Å². The van der Waals surface area contributed by atoms with Crippen LogP contribution in [0.2, 0.25) is 0 Å². The summed E-state index contributed by atoms with van der Waals surface area (Å²) in [5.41, 5.74) is 3.21. The number of methoxy groups -OCH3 is 1. The Morgan fingerprint density at radius 1 is 1.19 bits per heavy atom. The molecule has 1 aromatic carbocycles. The number of aromatic nitrogens is 1. The lowest BCUT2D eigenvalue weighted by Crippen LogP contribution is -2.45. The van der Waals surface area contributed by atoms with Crippen LogP contribution in [0.25, 0.3) is 0 Å². The molecule has 0 saturated carbocycles. The van der Waals surface area contributed by atoms with Crippen LogP contribution in [0, 0.1) is 0 Å². The number of carbonyl (C=O) groups is 1. The summed E-state index contributed by atoms with van der Waals surface area (Å²) in [6, 6.07) is 12.4. The molecular weight excluding hydrogens is 340 g/mol. The molecule has 144 valence electrons. The molecule has 2 aliphatic rings. The number of ether oxygens (including phenoxy) is 1. The van der Waals surface area contributed by atoms with Crippen LogP contribution in [0.4, 0.5) is 0 Å². The third-order valence-corrected chi connectivity index (χ3v) is 5.63. The van der Waals surface area contributed by atoms with Gasteiger partial charge in [-0.3, -0.25) is 9.69 Å². The second-order valence-corrected chi connectivity index (χ2v) is 7.37. The summed E-state index contributed by atoms with van der Waals surface area (Å²) in [5.74, 6) is 1.01. The van der Waals surface area contributed by atoms with Crippen molar-refractivity contribution in [1.29, 1.82) is 0 Å². The summed E-state index contributed by atoms with van der Waals surface area (Å²) in [6.45, 7) is 5.49. The number of nitrogens with one attached hydrogen (secondary N) is 2. The SMILES string of the molecule is COc1ccccc1CN1CCC(NC(=O)c2ccc3n2CCNC3)CC1. The van der Waals surface area contributed by atoms with E-state index in [0.29, 0.717) is 0 Å². The lowest BCUT2D eigenvalue weighted by molar-refractivity contribution is 0.0898. The van der Waals surface area contributed by atoms with Gasteiger partial charge in [-0.1, -0.05) is 18.2 Å². The van der Waals surface area contributed by atoms with Crippen molar-refractivity contribution in [2.75, 3.05) is 26.7 Å². The van der Waals surface area contributed by atoms with Gasteiger partial charge in [-0.25, -0.2) is 0 Å². The minimum atomic E-state index is 0.0614. The van der Waals surface area contributed by atoms with Crippen molar-refractivity contribution < 1.29 is 9.53 Å². The van der Waals surface area contributed by atoms with Gasteiger partial charge in [0.25, 0.3) is 5.91 Å². The molecule has 27 heavy (non-hydrogen) atoms. The van der Waals surface area contributed by atoms with Crippen molar-refractivity contribution in [3.8, 4) is 5.75 Å². The van der Waals surface area contributed by atoms with Gasteiger partial charge >= 0.3 is 0 Å². The fourth-order valence-electron chi connectivity index (χ4n) is 4.10. The summed E-state index contributed by atoms with van der Waals surface area (Å²) in [7, 11) is 1.72. The fraction of sp³-hybridized carbons (Fsp3) is 0.476. The summed E-state index contributed by atoms with van der Waals surface area (Å²) >= 11 is 0. The van der Waals surface area contributed by atoms with Gasteiger partial charge in [0.05, 0.1) is 7.11 Å². The van der Waals surface area contributed by atoms with Crippen molar-refractivity contribution in [3.63, 3.8) is 0 Å². The highest BCUT2D eigenvalue weighted by molar-refractivity contribution is 5.93. The molecule has 0 bridgehead atoms.